The van der Waals surface area contributed by atoms with E-state index >= 15 is 0 Å². The van der Waals surface area contributed by atoms with E-state index < -0.39 is 0 Å². The van der Waals surface area contributed by atoms with E-state index in [0.717, 1.165) is 25.0 Å². The highest BCUT2D eigenvalue weighted by Crippen LogP contribution is 2.25. The minimum atomic E-state index is 0.00676. The van der Waals surface area contributed by atoms with Crippen LogP contribution in [0.1, 0.15) is 22.3 Å². The molecule has 0 N–H and O–H groups in total. The molecule has 20 heavy (non-hydrogen) atoms. The summed E-state index contributed by atoms with van der Waals surface area (Å²) in [7, 11) is 0. The van der Waals surface area contributed by atoms with E-state index in [1.54, 1.807) is 0 Å². The highest BCUT2D eigenvalue weighted by Gasteiger charge is 2.30. The average molecular weight is 266 g/mol. The van der Waals surface area contributed by atoms with Crippen LogP contribution in [0.15, 0.2) is 60.7 Å². The van der Waals surface area contributed by atoms with Crippen LogP contribution in [0, 0.1) is 5.92 Å². The lowest BCUT2D eigenvalue weighted by Crippen LogP contribution is -2.19. The van der Waals surface area contributed by atoms with Crippen molar-refractivity contribution in [3.05, 3.63) is 71.8 Å². The number of ketones is 1. The van der Waals surface area contributed by atoms with Crippen molar-refractivity contribution in [3.8, 4) is 0 Å². The van der Waals surface area contributed by atoms with Gasteiger partial charge in [-0.1, -0.05) is 60.7 Å². The lowest BCUT2D eigenvalue weighted by molar-refractivity contribution is 0.0905. The number of hydrogen-bond acceptors (Lipinski definition) is 2. The van der Waals surface area contributed by atoms with E-state index in [9.17, 15) is 4.79 Å². The fraction of sp³-hybridized carbons (Fsp3) is 0.278. The summed E-state index contributed by atoms with van der Waals surface area (Å²) in [6.45, 7) is 0.799. The SMILES string of the molecule is O=C(c1ccccc1)C(Cc1ccccc1)CC1CO1. The van der Waals surface area contributed by atoms with Gasteiger partial charge in [0.15, 0.2) is 5.78 Å². The number of carbonyl (C=O) groups excluding carboxylic acids is 1. The van der Waals surface area contributed by atoms with Crippen LogP contribution in [0.2, 0.25) is 0 Å². The maximum atomic E-state index is 12.7. The van der Waals surface area contributed by atoms with Crippen LogP contribution in [0.5, 0.6) is 0 Å². The van der Waals surface area contributed by atoms with Gasteiger partial charge in [0.1, 0.15) is 0 Å². The molecule has 2 aromatic carbocycles. The fourth-order valence-corrected chi connectivity index (χ4v) is 2.54. The van der Waals surface area contributed by atoms with Gasteiger partial charge in [0.25, 0.3) is 0 Å². The Labute approximate surface area is 119 Å². The van der Waals surface area contributed by atoms with Crippen molar-refractivity contribution in [1.82, 2.24) is 0 Å². The van der Waals surface area contributed by atoms with Gasteiger partial charge in [0, 0.05) is 11.5 Å². The van der Waals surface area contributed by atoms with Crippen molar-refractivity contribution in [2.24, 2.45) is 5.92 Å². The molecule has 0 radical (unpaired) electrons. The second kappa shape index (κ2) is 6.02. The Bertz CT molecular complexity index is 558. The van der Waals surface area contributed by atoms with Crippen LogP contribution in [-0.2, 0) is 11.2 Å². The number of carbonyl (C=O) groups is 1. The molecule has 1 fully saturated rings. The zero-order valence-electron chi connectivity index (χ0n) is 11.4. The van der Waals surface area contributed by atoms with Gasteiger partial charge in [-0.05, 0) is 18.4 Å². The molecule has 0 amide bonds. The Kier molecular flexibility index (Phi) is 3.93. The lowest BCUT2D eigenvalue weighted by atomic mass is 9.88. The van der Waals surface area contributed by atoms with E-state index in [1.165, 1.54) is 5.56 Å². The number of hydrogen-bond donors (Lipinski definition) is 0. The Morgan fingerprint density at radius 1 is 1.05 bits per heavy atom. The Balaban J connectivity index is 1.77. The van der Waals surface area contributed by atoms with Crippen molar-refractivity contribution in [1.29, 1.82) is 0 Å². The maximum absolute atomic E-state index is 12.7. The molecule has 2 atom stereocenters. The molecule has 1 saturated heterocycles. The Morgan fingerprint density at radius 3 is 2.25 bits per heavy atom. The molecule has 2 aromatic rings. The molecule has 0 aromatic heterocycles. The summed E-state index contributed by atoms with van der Waals surface area (Å²) in [4.78, 5) is 12.7. The van der Waals surface area contributed by atoms with E-state index in [1.807, 2.05) is 48.5 Å². The first-order chi connectivity index (χ1) is 9.83. The number of ether oxygens (including phenoxy) is 1. The number of epoxide rings is 1. The summed E-state index contributed by atoms with van der Waals surface area (Å²) in [5.74, 6) is 0.234. The van der Waals surface area contributed by atoms with Crippen LogP contribution < -0.4 is 0 Å². The quantitative estimate of drug-likeness (QED) is 0.591. The highest BCUT2D eigenvalue weighted by molar-refractivity contribution is 5.98. The van der Waals surface area contributed by atoms with Gasteiger partial charge in [-0.15, -0.1) is 0 Å². The largest absolute Gasteiger partial charge is 0.373 e. The Morgan fingerprint density at radius 2 is 1.65 bits per heavy atom. The average Bonchev–Trinajstić information content (AvgIpc) is 3.32. The van der Waals surface area contributed by atoms with Crippen LogP contribution >= 0.6 is 0 Å². The van der Waals surface area contributed by atoms with Gasteiger partial charge in [-0.3, -0.25) is 4.79 Å². The number of rotatable bonds is 6. The molecule has 0 bridgehead atoms. The van der Waals surface area contributed by atoms with Crippen molar-refractivity contribution >= 4 is 5.78 Å². The number of Topliss-reactive ketones (excluding diaryl/α,β-unsaturated/α-hetero) is 1. The molecule has 0 spiro atoms. The molecule has 1 aliphatic rings. The molecule has 1 aliphatic heterocycles. The predicted molar refractivity (Wildman–Crippen MR) is 78.8 cm³/mol. The summed E-state index contributed by atoms with van der Waals surface area (Å²) >= 11 is 0. The first-order valence-electron chi connectivity index (χ1n) is 7.08. The van der Waals surface area contributed by atoms with Gasteiger partial charge < -0.3 is 4.74 Å². The minimum Gasteiger partial charge on any atom is -0.373 e. The molecule has 2 nitrogen and oxygen atoms in total. The summed E-state index contributed by atoms with van der Waals surface area (Å²) in [6, 6.07) is 19.8. The topological polar surface area (TPSA) is 29.6 Å². The molecule has 0 aliphatic carbocycles. The van der Waals surface area contributed by atoms with E-state index in [-0.39, 0.29) is 17.8 Å². The molecule has 0 saturated carbocycles. The van der Waals surface area contributed by atoms with E-state index in [2.05, 4.69) is 12.1 Å². The van der Waals surface area contributed by atoms with Gasteiger partial charge >= 0.3 is 0 Å². The van der Waals surface area contributed by atoms with Crippen LogP contribution in [0.3, 0.4) is 0 Å². The summed E-state index contributed by atoms with van der Waals surface area (Å²) in [6.07, 6.45) is 1.88. The minimum absolute atomic E-state index is 0.00676. The van der Waals surface area contributed by atoms with Crippen LogP contribution in [-0.4, -0.2) is 18.5 Å². The van der Waals surface area contributed by atoms with Gasteiger partial charge in [-0.2, -0.15) is 0 Å². The number of benzene rings is 2. The van der Waals surface area contributed by atoms with E-state index in [0.29, 0.717) is 0 Å². The highest BCUT2D eigenvalue weighted by atomic mass is 16.6. The molecule has 102 valence electrons. The molecular weight excluding hydrogens is 248 g/mol. The molecule has 2 heteroatoms. The van der Waals surface area contributed by atoms with Crippen LogP contribution in [0.25, 0.3) is 0 Å². The van der Waals surface area contributed by atoms with Crippen LogP contribution in [0.4, 0.5) is 0 Å². The summed E-state index contributed by atoms with van der Waals surface area (Å²) in [5, 5.41) is 0. The fourth-order valence-electron chi connectivity index (χ4n) is 2.54. The predicted octanol–water partition coefficient (Wildman–Crippen LogP) is 3.52. The molecule has 1 heterocycles. The standard InChI is InChI=1S/C18H18O2/c19-18(15-9-5-2-6-10-15)16(12-17-13-20-17)11-14-7-3-1-4-8-14/h1-10,16-17H,11-13H2. The third-order valence-corrected chi connectivity index (χ3v) is 3.70. The van der Waals surface area contributed by atoms with Crippen molar-refractivity contribution in [3.63, 3.8) is 0 Å². The van der Waals surface area contributed by atoms with Crippen molar-refractivity contribution in [2.45, 2.75) is 18.9 Å². The second-order valence-electron chi connectivity index (χ2n) is 5.31. The molecule has 3 rings (SSSR count). The van der Waals surface area contributed by atoms with Crippen molar-refractivity contribution < 1.29 is 9.53 Å². The third kappa shape index (κ3) is 3.34. The van der Waals surface area contributed by atoms with Gasteiger partial charge in [0.2, 0.25) is 0 Å². The Hall–Kier alpha value is -1.93. The first-order valence-corrected chi connectivity index (χ1v) is 7.08. The van der Waals surface area contributed by atoms with Crippen molar-refractivity contribution in [2.75, 3.05) is 6.61 Å². The first kappa shape index (κ1) is 13.1. The van der Waals surface area contributed by atoms with Gasteiger partial charge in [0.05, 0.1) is 12.7 Å². The van der Waals surface area contributed by atoms with E-state index in [4.69, 9.17) is 4.74 Å². The maximum Gasteiger partial charge on any atom is 0.166 e. The zero-order valence-corrected chi connectivity index (χ0v) is 11.4. The smallest absolute Gasteiger partial charge is 0.166 e. The van der Waals surface area contributed by atoms with Gasteiger partial charge in [-0.25, -0.2) is 0 Å². The molecule has 2 unspecified atom stereocenters. The second-order valence-corrected chi connectivity index (χ2v) is 5.31. The monoisotopic (exact) mass is 266 g/mol. The third-order valence-electron chi connectivity index (χ3n) is 3.70. The zero-order chi connectivity index (χ0) is 13.8. The lowest BCUT2D eigenvalue weighted by Gasteiger charge is -2.15. The summed E-state index contributed by atoms with van der Waals surface area (Å²) in [5.41, 5.74) is 2.01. The summed E-state index contributed by atoms with van der Waals surface area (Å²) < 4.78 is 5.31. The molecular formula is C18H18O2. The normalized spacial score (nSPS) is 18.5.